The quantitative estimate of drug-likeness (QED) is 0.788. The van der Waals surface area contributed by atoms with Crippen molar-refractivity contribution in [3.05, 3.63) is 35.8 Å². The zero-order valence-electron chi connectivity index (χ0n) is 13.8. The Hall–Kier alpha value is -1.89. The molecule has 124 valence electrons. The van der Waals surface area contributed by atoms with Crippen LogP contribution < -0.4 is 11.1 Å². The fourth-order valence-corrected chi connectivity index (χ4v) is 2.93. The molecule has 0 spiro atoms. The second-order valence-corrected chi connectivity index (χ2v) is 6.47. The summed E-state index contributed by atoms with van der Waals surface area (Å²) in [7, 11) is 0. The van der Waals surface area contributed by atoms with Crippen molar-refractivity contribution < 1.29 is 9.84 Å². The van der Waals surface area contributed by atoms with E-state index in [1.807, 2.05) is 35.8 Å². The van der Waals surface area contributed by atoms with Crippen LogP contribution >= 0.6 is 0 Å². The van der Waals surface area contributed by atoms with Crippen LogP contribution in [0.1, 0.15) is 38.5 Å². The summed E-state index contributed by atoms with van der Waals surface area (Å²) in [6.45, 7) is 6.97. The molecule has 23 heavy (non-hydrogen) atoms. The van der Waals surface area contributed by atoms with Crippen LogP contribution in [-0.2, 0) is 17.9 Å². The lowest BCUT2D eigenvalue weighted by Crippen LogP contribution is -2.29. The first-order valence-electron chi connectivity index (χ1n) is 7.91. The number of anilines is 1. The molecule has 2 heterocycles. The number of nitrogens with zero attached hydrogens (tertiary/aromatic N) is 2. The van der Waals surface area contributed by atoms with Gasteiger partial charge < -0.3 is 25.5 Å². The van der Waals surface area contributed by atoms with Crippen LogP contribution in [-0.4, -0.2) is 26.9 Å². The molecule has 3 rings (SSSR count). The predicted octanol–water partition coefficient (Wildman–Crippen LogP) is 2.24. The van der Waals surface area contributed by atoms with E-state index in [0.29, 0.717) is 19.8 Å². The monoisotopic (exact) mass is 316 g/mol. The Kier molecular flexibility index (Phi) is 4.14. The summed E-state index contributed by atoms with van der Waals surface area (Å²) in [6.07, 6.45) is -0.372. The van der Waals surface area contributed by atoms with E-state index >= 15 is 0 Å². The Morgan fingerprint density at radius 2 is 2.13 bits per heavy atom. The van der Waals surface area contributed by atoms with Gasteiger partial charge in [0.05, 0.1) is 17.8 Å². The number of aromatic nitrogens is 2. The molecule has 1 aromatic carbocycles. The van der Waals surface area contributed by atoms with E-state index in [1.54, 1.807) is 13.8 Å². The largest absolute Gasteiger partial charge is 0.389 e. The Bertz CT molecular complexity index is 703. The summed E-state index contributed by atoms with van der Waals surface area (Å²) in [6, 6.07) is 8.01. The van der Waals surface area contributed by atoms with Gasteiger partial charge >= 0.3 is 0 Å². The van der Waals surface area contributed by atoms with Crippen molar-refractivity contribution in [2.45, 2.75) is 45.7 Å². The molecule has 1 unspecified atom stereocenters. The van der Waals surface area contributed by atoms with Gasteiger partial charge in [0.1, 0.15) is 24.3 Å². The third-order valence-corrected chi connectivity index (χ3v) is 3.84. The van der Waals surface area contributed by atoms with Crippen LogP contribution in [0.25, 0.3) is 11.3 Å². The standard InChI is InChI=1S/C17H24N4O2/c1-4-23-9-13-20-14-15(21(13)10-17(2,3)22)11-7-5-6-8-12(11)19-16(14)18/h5-8,16,19,22H,4,9-10,18H2,1-3H3. The van der Waals surface area contributed by atoms with Crippen LogP contribution in [0.3, 0.4) is 0 Å². The van der Waals surface area contributed by atoms with Gasteiger partial charge in [0.15, 0.2) is 0 Å². The number of hydrogen-bond donors (Lipinski definition) is 3. The molecule has 0 fully saturated rings. The van der Waals surface area contributed by atoms with Gasteiger partial charge in [-0.1, -0.05) is 18.2 Å². The summed E-state index contributed by atoms with van der Waals surface area (Å²) in [5.74, 6) is 0.785. The summed E-state index contributed by atoms with van der Waals surface area (Å²) >= 11 is 0. The summed E-state index contributed by atoms with van der Waals surface area (Å²) < 4.78 is 7.58. The first kappa shape index (κ1) is 16.0. The second kappa shape index (κ2) is 5.96. The van der Waals surface area contributed by atoms with Crippen molar-refractivity contribution in [3.8, 4) is 11.3 Å². The molecule has 6 nitrogen and oxygen atoms in total. The Balaban J connectivity index is 2.16. The molecular weight excluding hydrogens is 292 g/mol. The molecule has 1 atom stereocenters. The first-order valence-corrected chi connectivity index (χ1v) is 7.91. The van der Waals surface area contributed by atoms with E-state index in [0.717, 1.165) is 28.5 Å². The maximum Gasteiger partial charge on any atom is 0.135 e. The van der Waals surface area contributed by atoms with E-state index in [1.165, 1.54) is 0 Å². The number of imidazole rings is 1. The molecular formula is C17H24N4O2. The molecule has 0 aliphatic carbocycles. The third-order valence-electron chi connectivity index (χ3n) is 3.84. The molecule has 1 aliphatic rings. The maximum atomic E-state index is 10.3. The molecule has 1 aliphatic heterocycles. The molecule has 2 aromatic rings. The number of nitrogens with two attached hydrogens (primary N) is 1. The lowest BCUT2D eigenvalue weighted by Gasteiger charge is -2.27. The van der Waals surface area contributed by atoms with Crippen LogP contribution in [0.2, 0.25) is 0 Å². The molecule has 0 amide bonds. The Morgan fingerprint density at radius 3 is 2.83 bits per heavy atom. The molecule has 0 saturated carbocycles. The van der Waals surface area contributed by atoms with Gasteiger partial charge in [0.25, 0.3) is 0 Å². The number of ether oxygens (including phenoxy) is 1. The van der Waals surface area contributed by atoms with Crippen molar-refractivity contribution in [2.24, 2.45) is 5.73 Å². The fourth-order valence-electron chi connectivity index (χ4n) is 2.93. The minimum atomic E-state index is -0.862. The second-order valence-electron chi connectivity index (χ2n) is 6.47. The van der Waals surface area contributed by atoms with Crippen molar-refractivity contribution in [2.75, 3.05) is 11.9 Å². The number of para-hydroxylation sites is 1. The lowest BCUT2D eigenvalue weighted by atomic mass is 10.0. The normalized spacial score (nSPS) is 16.7. The number of benzene rings is 1. The summed E-state index contributed by atoms with van der Waals surface area (Å²) in [5, 5.41) is 13.6. The van der Waals surface area contributed by atoms with Gasteiger partial charge in [-0.05, 0) is 26.8 Å². The van der Waals surface area contributed by atoms with Crippen LogP contribution in [0.4, 0.5) is 5.69 Å². The highest BCUT2D eigenvalue weighted by molar-refractivity contribution is 5.81. The highest BCUT2D eigenvalue weighted by atomic mass is 16.5. The van der Waals surface area contributed by atoms with Crippen LogP contribution in [0, 0.1) is 0 Å². The van der Waals surface area contributed by atoms with Gasteiger partial charge in [-0.3, -0.25) is 0 Å². The summed E-state index contributed by atoms with van der Waals surface area (Å²) in [5.41, 5.74) is 9.16. The average Bonchev–Trinajstić information content (AvgIpc) is 2.83. The van der Waals surface area contributed by atoms with E-state index in [-0.39, 0.29) is 6.17 Å². The molecule has 6 heteroatoms. The number of hydrogen-bond acceptors (Lipinski definition) is 5. The first-order chi connectivity index (χ1) is 10.9. The van der Waals surface area contributed by atoms with Gasteiger partial charge in [0.2, 0.25) is 0 Å². The number of nitrogens with one attached hydrogen (secondary N) is 1. The summed E-state index contributed by atoms with van der Waals surface area (Å²) in [4.78, 5) is 4.69. The highest BCUT2D eigenvalue weighted by Crippen LogP contribution is 2.39. The average molecular weight is 316 g/mol. The predicted molar refractivity (Wildman–Crippen MR) is 89.8 cm³/mol. The SMILES string of the molecule is CCOCc1nc2c(n1CC(C)(C)O)-c1ccccc1NC2N. The van der Waals surface area contributed by atoms with Crippen LogP contribution in [0.15, 0.2) is 24.3 Å². The molecule has 4 N–H and O–H groups in total. The zero-order chi connectivity index (χ0) is 16.6. The van der Waals surface area contributed by atoms with Crippen molar-refractivity contribution >= 4 is 5.69 Å². The van der Waals surface area contributed by atoms with E-state index in [4.69, 9.17) is 15.5 Å². The fraction of sp³-hybridized carbons (Fsp3) is 0.471. The highest BCUT2D eigenvalue weighted by Gasteiger charge is 2.30. The Morgan fingerprint density at radius 1 is 1.39 bits per heavy atom. The number of rotatable bonds is 5. The van der Waals surface area contributed by atoms with E-state index in [9.17, 15) is 5.11 Å². The van der Waals surface area contributed by atoms with Crippen molar-refractivity contribution in [1.29, 1.82) is 0 Å². The van der Waals surface area contributed by atoms with Gasteiger partial charge in [-0.15, -0.1) is 0 Å². The van der Waals surface area contributed by atoms with Crippen molar-refractivity contribution in [1.82, 2.24) is 9.55 Å². The lowest BCUT2D eigenvalue weighted by molar-refractivity contribution is 0.0574. The molecule has 0 radical (unpaired) electrons. The van der Waals surface area contributed by atoms with E-state index < -0.39 is 5.60 Å². The smallest absolute Gasteiger partial charge is 0.135 e. The van der Waals surface area contributed by atoms with Gasteiger partial charge in [-0.25, -0.2) is 4.98 Å². The maximum absolute atomic E-state index is 10.3. The number of aliphatic hydroxyl groups is 1. The van der Waals surface area contributed by atoms with Gasteiger partial charge in [-0.2, -0.15) is 0 Å². The van der Waals surface area contributed by atoms with Crippen LogP contribution in [0.5, 0.6) is 0 Å². The molecule has 0 saturated heterocycles. The Labute approximate surface area is 136 Å². The topological polar surface area (TPSA) is 85.3 Å². The minimum absolute atomic E-state index is 0.372. The number of fused-ring (bicyclic) bond motifs is 3. The third kappa shape index (κ3) is 3.10. The minimum Gasteiger partial charge on any atom is -0.389 e. The van der Waals surface area contributed by atoms with E-state index in [2.05, 4.69) is 5.32 Å². The molecule has 0 bridgehead atoms. The van der Waals surface area contributed by atoms with Crippen molar-refractivity contribution in [3.63, 3.8) is 0 Å². The molecule has 1 aromatic heterocycles. The zero-order valence-corrected chi connectivity index (χ0v) is 13.8. The van der Waals surface area contributed by atoms with Gasteiger partial charge in [0, 0.05) is 17.9 Å².